The number of carbonyl (C=O) groups excluding carboxylic acids is 1. The zero-order chi connectivity index (χ0) is 18.8. The van der Waals surface area contributed by atoms with Crippen molar-refractivity contribution in [2.24, 2.45) is 0 Å². The minimum atomic E-state index is -1.89. The number of hydrogen-bond donors (Lipinski definition) is 1. The van der Waals surface area contributed by atoms with E-state index in [1.165, 1.54) is 20.5 Å². The fraction of sp³-hybridized carbons (Fsp3) is 0.250. The van der Waals surface area contributed by atoms with Gasteiger partial charge in [-0.25, -0.2) is 0 Å². The number of Topliss-reactive ketones (excluding diaryl/α,β-unsaturated/α-hetero) is 1. The number of aliphatic hydroxyl groups is 1. The van der Waals surface area contributed by atoms with E-state index in [1.54, 1.807) is 30.3 Å². The molecule has 0 amide bonds. The van der Waals surface area contributed by atoms with Gasteiger partial charge in [-0.3, -0.25) is 4.79 Å². The Labute approximate surface area is 154 Å². The highest BCUT2D eigenvalue weighted by Gasteiger charge is 2.56. The summed E-state index contributed by atoms with van der Waals surface area (Å²) >= 11 is 0. The summed E-state index contributed by atoms with van der Waals surface area (Å²) in [5.41, 5.74) is -0.697. The molecule has 0 fully saturated rings. The molecule has 0 aliphatic carbocycles. The number of furan rings is 1. The van der Waals surface area contributed by atoms with E-state index in [2.05, 4.69) is 0 Å². The lowest BCUT2D eigenvalue weighted by molar-refractivity contribution is -0.0793. The van der Waals surface area contributed by atoms with E-state index >= 15 is 0 Å². The Hall–Kier alpha value is -3.19. The van der Waals surface area contributed by atoms with E-state index in [-0.39, 0.29) is 6.61 Å². The van der Waals surface area contributed by atoms with Gasteiger partial charge in [0.1, 0.15) is 23.7 Å². The number of benzene rings is 2. The van der Waals surface area contributed by atoms with Crippen molar-refractivity contribution in [3.63, 3.8) is 0 Å². The van der Waals surface area contributed by atoms with Gasteiger partial charge in [-0.1, -0.05) is 0 Å². The summed E-state index contributed by atoms with van der Waals surface area (Å²) in [6.45, 7) is 0.0123. The highest BCUT2D eigenvalue weighted by atomic mass is 16.6. The third-order valence-corrected chi connectivity index (χ3v) is 5.19. The van der Waals surface area contributed by atoms with Crippen molar-refractivity contribution < 1.29 is 33.3 Å². The first-order chi connectivity index (χ1) is 13.1. The third-order valence-electron chi connectivity index (χ3n) is 5.19. The highest BCUT2D eigenvalue weighted by Crippen LogP contribution is 2.50. The minimum absolute atomic E-state index is 0.0123. The fourth-order valence-electron chi connectivity index (χ4n) is 3.80. The Balaban J connectivity index is 1.73. The monoisotopic (exact) mass is 368 g/mol. The first-order valence-electron chi connectivity index (χ1n) is 8.41. The molecule has 0 saturated carbocycles. The molecule has 7 heteroatoms. The van der Waals surface area contributed by atoms with Crippen LogP contribution in [0.25, 0.3) is 11.0 Å². The van der Waals surface area contributed by atoms with Crippen LogP contribution < -0.4 is 18.9 Å². The van der Waals surface area contributed by atoms with Gasteiger partial charge >= 0.3 is 0 Å². The van der Waals surface area contributed by atoms with Crippen molar-refractivity contribution in [2.75, 3.05) is 20.8 Å². The summed E-state index contributed by atoms with van der Waals surface area (Å²) < 4.78 is 27.8. The molecule has 2 aliphatic heterocycles. The second-order valence-corrected chi connectivity index (χ2v) is 6.49. The van der Waals surface area contributed by atoms with Gasteiger partial charge in [-0.15, -0.1) is 0 Å². The summed E-state index contributed by atoms with van der Waals surface area (Å²) in [4.78, 5) is 13.4. The Morgan fingerprint density at radius 2 is 1.93 bits per heavy atom. The van der Waals surface area contributed by atoms with Crippen LogP contribution in [-0.4, -0.2) is 37.8 Å². The fourth-order valence-corrected chi connectivity index (χ4v) is 3.80. The van der Waals surface area contributed by atoms with E-state index < -0.39 is 17.5 Å². The predicted octanol–water partition coefficient (Wildman–Crippen LogP) is 2.67. The van der Waals surface area contributed by atoms with Crippen LogP contribution >= 0.6 is 0 Å². The standard InChI is InChI=1S/C20H16O7/c1-23-15-7-12-14(8-16(15)24-2)26-9-17-20(12,22)19(21)11-3-4-13-10(5-6-25-13)18(11)27-17/h3-8,17,22H,9H2,1-2H3/t17-,20-/m1/s1. The van der Waals surface area contributed by atoms with Gasteiger partial charge in [0.2, 0.25) is 5.78 Å². The van der Waals surface area contributed by atoms with Crippen LogP contribution in [0.5, 0.6) is 23.0 Å². The molecule has 3 aromatic rings. The first-order valence-corrected chi connectivity index (χ1v) is 8.41. The number of methoxy groups -OCH3 is 2. The molecular weight excluding hydrogens is 352 g/mol. The lowest BCUT2D eigenvalue weighted by atomic mass is 9.77. The molecular formula is C20H16O7. The molecule has 2 aliphatic rings. The molecule has 27 heavy (non-hydrogen) atoms. The molecule has 5 rings (SSSR count). The molecule has 7 nitrogen and oxygen atoms in total. The molecule has 3 heterocycles. The topological polar surface area (TPSA) is 87.4 Å². The number of fused-ring (bicyclic) bond motifs is 6. The average molecular weight is 368 g/mol. The molecule has 2 atom stereocenters. The molecule has 0 saturated heterocycles. The van der Waals surface area contributed by atoms with Gasteiger partial charge in [0.25, 0.3) is 0 Å². The molecule has 1 aromatic heterocycles. The maximum atomic E-state index is 13.4. The van der Waals surface area contributed by atoms with Crippen molar-refractivity contribution in [2.45, 2.75) is 11.7 Å². The average Bonchev–Trinajstić information content (AvgIpc) is 3.17. The molecule has 0 unspecified atom stereocenters. The largest absolute Gasteiger partial charge is 0.493 e. The van der Waals surface area contributed by atoms with Gasteiger partial charge in [-0.05, 0) is 24.3 Å². The maximum absolute atomic E-state index is 13.4. The third kappa shape index (κ3) is 1.97. The van der Waals surface area contributed by atoms with Crippen molar-refractivity contribution >= 4 is 16.8 Å². The van der Waals surface area contributed by atoms with Gasteiger partial charge in [0.15, 0.2) is 23.2 Å². The Kier molecular flexibility index (Phi) is 3.21. The maximum Gasteiger partial charge on any atom is 0.206 e. The Morgan fingerprint density at radius 3 is 2.70 bits per heavy atom. The highest BCUT2D eigenvalue weighted by molar-refractivity contribution is 6.10. The SMILES string of the molecule is COc1cc2c(cc1OC)[C@]1(O)C(=O)c3ccc4occc4c3O[C@@H]1CO2. The van der Waals surface area contributed by atoms with Crippen molar-refractivity contribution in [3.05, 3.63) is 47.7 Å². The van der Waals surface area contributed by atoms with Gasteiger partial charge < -0.3 is 28.5 Å². The first kappa shape index (κ1) is 16.0. The van der Waals surface area contributed by atoms with Gasteiger partial charge in [-0.2, -0.15) is 0 Å². The summed E-state index contributed by atoms with van der Waals surface area (Å²) in [5, 5.41) is 12.2. The van der Waals surface area contributed by atoms with E-state index in [0.29, 0.717) is 45.1 Å². The zero-order valence-corrected chi connectivity index (χ0v) is 14.6. The molecule has 138 valence electrons. The van der Waals surface area contributed by atoms with Crippen LogP contribution in [0.15, 0.2) is 41.0 Å². The molecule has 0 radical (unpaired) electrons. The second-order valence-electron chi connectivity index (χ2n) is 6.49. The number of rotatable bonds is 2. The summed E-state index contributed by atoms with van der Waals surface area (Å²) in [6, 6.07) is 8.19. The van der Waals surface area contributed by atoms with E-state index in [0.717, 1.165) is 0 Å². The van der Waals surface area contributed by atoms with E-state index in [9.17, 15) is 9.90 Å². The molecule has 0 bridgehead atoms. The van der Waals surface area contributed by atoms with Crippen LogP contribution in [0, 0.1) is 0 Å². The number of hydrogen-bond acceptors (Lipinski definition) is 7. The van der Waals surface area contributed by atoms with Crippen molar-refractivity contribution in [1.82, 2.24) is 0 Å². The van der Waals surface area contributed by atoms with Gasteiger partial charge in [0.05, 0.1) is 31.4 Å². The van der Waals surface area contributed by atoms with Crippen LogP contribution in [-0.2, 0) is 5.60 Å². The quantitative estimate of drug-likeness (QED) is 0.744. The van der Waals surface area contributed by atoms with Crippen LogP contribution in [0.3, 0.4) is 0 Å². The summed E-state index contributed by atoms with van der Waals surface area (Å²) in [7, 11) is 2.99. The normalized spacial score (nSPS) is 22.9. The lowest BCUT2D eigenvalue weighted by Crippen LogP contribution is -2.57. The summed E-state index contributed by atoms with van der Waals surface area (Å²) in [5.74, 6) is 1.14. The Morgan fingerprint density at radius 1 is 1.15 bits per heavy atom. The number of ketones is 1. The van der Waals surface area contributed by atoms with Crippen molar-refractivity contribution in [3.8, 4) is 23.0 Å². The number of ether oxygens (including phenoxy) is 4. The molecule has 1 N–H and O–H groups in total. The van der Waals surface area contributed by atoms with Crippen molar-refractivity contribution in [1.29, 1.82) is 0 Å². The second kappa shape index (κ2) is 5.40. The molecule has 2 aromatic carbocycles. The van der Waals surface area contributed by atoms with E-state index in [4.69, 9.17) is 23.4 Å². The van der Waals surface area contributed by atoms with Gasteiger partial charge in [0, 0.05) is 11.6 Å². The lowest BCUT2D eigenvalue weighted by Gasteiger charge is -2.43. The zero-order valence-electron chi connectivity index (χ0n) is 14.6. The van der Waals surface area contributed by atoms with E-state index in [1.807, 2.05) is 0 Å². The smallest absolute Gasteiger partial charge is 0.206 e. The van der Waals surface area contributed by atoms with Crippen LogP contribution in [0.2, 0.25) is 0 Å². The Bertz CT molecular complexity index is 1080. The number of carbonyl (C=O) groups is 1. The molecule has 0 spiro atoms. The minimum Gasteiger partial charge on any atom is -0.493 e. The summed E-state index contributed by atoms with van der Waals surface area (Å²) in [6.07, 6.45) is 0.632. The van der Waals surface area contributed by atoms with Crippen LogP contribution in [0.1, 0.15) is 15.9 Å². The predicted molar refractivity (Wildman–Crippen MR) is 93.9 cm³/mol. The van der Waals surface area contributed by atoms with Crippen LogP contribution in [0.4, 0.5) is 0 Å².